The third-order valence-electron chi connectivity index (χ3n) is 3.44. The zero-order valence-corrected chi connectivity index (χ0v) is 15.3. The highest BCUT2D eigenvalue weighted by Gasteiger charge is 2.13. The van der Waals surface area contributed by atoms with Crippen LogP contribution in [0.15, 0.2) is 48.7 Å². The first-order chi connectivity index (χ1) is 12.5. The third kappa shape index (κ3) is 4.47. The number of amides is 1. The van der Waals surface area contributed by atoms with Gasteiger partial charge in [-0.1, -0.05) is 35.3 Å². The highest BCUT2D eigenvalue weighted by Crippen LogP contribution is 2.32. The number of nitrogens with zero attached hydrogens (tertiary/aromatic N) is 3. The average molecular weight is 388 g/mol. The molecule has 3 aromatic rings. The van der Waals surface area contributed by atoms with Crippen molar-refractivity contribution in [1.29, 1.82) is 0 Å². The molecule has 0 radical (unpaired) electrons. The molecule has 1 amide bonds. The molecule has 26 heavy (non-hydrogen) atoms. The molecule has 132 valence electrons. The number of rotatable bonds is 5. The summed E-state index contributed by atoms with van der Waals surface area (Å²) in [5.74, 6) is 0.547. The molecule has 0 saturated carbocycles. The van der Waals surface area contributed by atoms with Crippen molar-refractivity contribution in [2.45, 2.75) is 13.5 Å². The van der Waals surface area contributed by atoms with Gasteiger partial charge in [-0.2, -0.15) is 0 Å². The van der Waals surface area contributed by atoms with Crippen molar-refractivity contribution in [2.75, 3.05) is 5.32 Å². The molecule has 0 aliphatic heterocycles. The van der Waals surface area contributed by atoms with Gasteiger partial charge in [0.05, 0.1) is 28.0 Å². The number of aromatic nitrogens is 3. The standard InChI is InChI=1S/C18H15Cl2N5O/c1-11-23-15(18(26)22-10-12-5-2-3-8-21-12)9-16(24-11)25-17-13(19)6-4-7-14(17)20/h2-9H,10H2,1H3,(H,22,26)(H,23,24,25). The van der Waals surface area contributed by atoms with Gasteiger partial charge in [-0.25, -0.2) is 9.97 Å². The second-order valence-corrected chi connectivity index (χ2v) is 6.23. The molecule has 0 unspecified atom stereocenters. The normalized spacial score (nSPS) is 10.4. The smallest absolute Gasteiger partial charge is 0.270 e. The van der Waals surface area contributed by atoms with E-state index in [2.05, 4.69) is 25.6 Å². The van der Waals surface area contributed by atoms with Crippen LogP contribution < -0.4 is 10.6 Å². The summed E-state index contributed by atoms with van der Waals surface area (Å²) < 4.78 is 0. The van der Waals surface area contributed by atoms with Crippen molar-refractivity contribution in [3.8, 4) is 0 Å². The molecule has 1 aromatic carbocycles. The molecule has 0 saturated heterocycles. The molecule has 2 N–H and O–H groups in total. The Morgan fingerprint density at radius 3 is 2.54 bits per heavy atom. The summed E-state index contributed by atoms with van der Waals surface area (Å²) in [6, 6.07) is 12.2. The number of hydrogen-bond acceptors (Lipinski definition) is 5. The van der Waals surface area contributed by atoms with Crippen molar-refractivity contribution in [3.63, 3.8) is 0 Å². The molecule has 2 heterocycles. The SMILES string of the molecule is Cc1nc(Nc2c(Cl)cccc2Cl)cc(C(=O)NCc2ccccn2)n1. The maximum absolute atomic E-state index is 12.4. The Morgan fingerprint density at radius 2 is 1.85 bits per heavy atom. The Balaban J connectivity index is 1.78. The average Bonchev–Trinajstić information content (AvgIpc) is 2.63. The zero-order chi connectivity index (χ0) is 18.5. The topological polar surface area (TPSA) is 79.8 Å². The first kappa shape index (κ1) is 18.1. The number of aryl methyl sites for hydroxylation is 1. The van der Waals surface area contributed by atoms with Crippen LogP contribution in [0.4, 0.5) is 11.5 Å². The number of hydrogen-bond donors (Lipinski definition) is 2. The molecule has 0 fully saturated rings. The Kier molecular flexibility index (Phi) is 5.65. The van der Waals surface area contributed by atoms with E-state index in [1.54, 1.807) is 37.4 Å². The van der Waals surface area contributed by atoms with E-state index < -0.39 is 0 Å². The third-order valence-corrected chi connectivity index (χ3v) is 4.07. The molecule has 0 atom stereocenters. The van der Waals surface area contributed by atoms with Crippen LogP contribution in [0.1, 0.15) is 22.0 Å². The van der Waals surface area contributed by atoms with Crippen LogP contribution in [-0.2, 0) is 6.54 Å². The maximum Gasteiger partial charge on any atom is 0.270 e. The maximum atomic E-state index is 12.4. The van der Waals surface area contributed by atoms with E-state index in [1.807, 2.05) is 18.2 Å². The fourth-order valence-corrected chi connectivity index (χ4v) is 2.75. The molecule has 8 heteroatoms. The second kappa shape index (κ2) is 8.12. The van der Waals surface area contributed by atoms with Gasteiger partial charge in [0.1, 0.15) is 17.3 Å². The summed E-state index contributed by atoms with van der Waals surface area (Å²) in [6.07, 6.45) is 1.67. The number of anilines is 2. The van der Waals surface area contributed by atoms with E-state index in [4.69, 9.17) is 23.2 Å². The zero-order valence-electron chi connectivity index (χ0n) is 13.8. The molecule has 6 nitrogen and oxygen atoms in total. The van der Waals surface area contributed by atoms with Crippen LogP contribution in [0.5, 0.6) is 0 Å². The van der Waals surface area contributed by atoms with Gasteiger partial charge in [0, 0.05) is 12.3 Å². The van der Waals surface area contributed by atoms with Gasteiger partial charge in [0.25, 0.3) is 5.91 Å². The van der Waals surface area contributed by atoms with E-state index in [1.165, 1.54) is 0 Å². The van der Waals surface area contributed by atoms with Gasteiger partial charge >= 0.3 is 0 Å². The quantitative estimate of drug-likeness (QED) is 0.686. The lowest BCUT2D eigenvalue weighted by Gasteiger charge is -2.11. The molecular formula is C18H15Cl2N5O. The second-order valence-electron chi connectivity index (χ2n) is 5.41. The highest BCUT2D eigenvalue weighted by molar-refractivity contribution is 6.39. The van der Waals surface area contributed by atoms with Gasteiger partial charge in [-0.05, 0) is 31.2 Å². The Hall–Kier alpha value is -2.70. The summed E-state index contributed by atoms with van der Waals surface area (Å²) in [5.41, 5.74) is 1.51. The van der Waals surface area contributed by atoms with E-state index in [0.29, 0.717) is 33.9 Å². The minimum atomic E-state index is -0.325. The molecule has 0 bridgehead atoms. The van der Waals surface area contributed by atoms with Gasteiger partial charge < -0.3 is 10.6 Å². The fourth-order valence-electron chi connectivity index (χ4n) is 2.26. The van der Waals surface area contributed by atoms with Crippen molar-refractivity contribution in [2.24, 2.45) is 0 Å². The number of nitrogens with one attached hydrogen (secondary N) is 2. The van der Waals surface area contributed by atoms with Gasteiger partial charge in [0.15, 0.2) is 0 Å². The first-order valence-corrected chi connectivity index (χ1v) is 8.53. The molecule has 3 rings (SSSR count). The van der Waals surface area contributed by atoms with E-state index in [0.717, 1.165) is 5.69 Å². The lowest BCUT2D eigenvalue weighted by molar-refractivity contribution is 0.0945. The lowest BCUT2D eigenvalue weighted by atomic mass is 10.3. The van der Waals surface area contributed by atoms with Crippen LogP contribution in [0.2, 0.25) is 10.0 Å². The largest absolute Gasteiger partial charge is 0.345 e. The van der Waals surface area contributed by atoms with E-state index in [9.17, 15) is 4.79 Å². The number of carbonyl (C=O) groups excluding carboxylic acids is 1. The monoisotopic (exact) mass is 387 g/mol. The van der Waals surface area contributed by atoms with Gasteiger partial charge in [-0.3, -0.25) is 9.78 Å². The summed E-state index contributed by atoms with van der Waals surface area (Å²) in [5, 5.41) is 6.73. The number of para-hydroxylation sites is 1. The van der Waals surface area contributed by atoms with Gasteiger partial charge in [0.2, 0.25) is 0 Å². The lowest BCUT2D eigenvalue weighted by Crippen LogP contribution is -2.24. The molecular weight excluding hydrogens is 373 g/mol. The van der Waals surface area contributed by atoms with E-state index in [-0.39, 0.29) is 11.6 Å². The fraction of sp³-hybridized carbons (Fsp3) is 0.111. The first-order valence-electron chi connectivity index (χ1n) is 7.78. The Bertz CT molecular complexity index is 914. The highest BCUT2D eigenvalue weighted by atomic mass is 35.5. The number of pyridine rings is 1. The van der Waals surface area contributed by atoms with Crippen LogP contribution in [0, 0.1) is 6.92 Å². The molecule has 0 aliphatic carbocycles. The van der Waals surface area contributed by atoms with Crippen LogP contribution in [0.3, 0.4) is 0 Å². The van der Waals surface area contributed by atoms with Crippen molar-refractivity contribution in [1.82, 2.24) is 20.3 Å². The molecule has 0 aliphatic rings. The number of carbonyl (C=O) groups is 1. The molecule has 0 spiro atoms. The minimum absolute atomic E-state index is 0.235. The summed E-state index contributed by atoms with van der Waals surface area (Å²) in [6.45, 7) is 2.01. The predicted molar refractivity (Wildman–Crippen MR) is 102 cm³/mol. The van der Waals surface area contributed by atoms with Crippen LogP contribution >= 0.6 is 23.2 Å². The Morgan fingerprint density at radius 1 is 1.08 bits per heavy atom. The minimum Gasteiger partial charge on any atom is -0.345 e. The summed E-state index contributed by atoms with van der Waals surface area (Å²) >= 11 is 12.3. The van der Waals surface area contributed by atoms with Crippen LogP contribution in [0.25, 0.3) is 0 Å². The van der Waals surface area contributed by atoms with Crippen molar-refractivity contribution < 1.29 is 4.79 Å². The van der Waals surface area contributed by atoms with Crippen molar-refractivity contribution >= 4 is 40.6 Å². The predicted octanol–water partition coefficient (Wildman–Crippen LogP) is 4.16. The van der Waals surface area contributed by atoms with Crippen molar-refractivity contribution in [3.05, 3.63) is 75.9 Å². The Labute approximate surface area is 160 Å². The van der Waals surface area contributed by atoms with Gasteiger partial charge in [-0.15, -0.1) is 0 Å². The molecule has 2 aromatic heterocycles. The summed E-state index contributed by atoms with van der Waals surface area (Å²) in [4.78, 5) is 25.0. The van der Waals surface area contributed by atoms with E-state index >= 15 is 0 Å². The summed E-state index contributed by atoms with van der Waals surface area (Å²) in [7, 11) is 0. The number of benzene rings is 1. The van der Waals surface area contributed by atoms with Crippen LogP contribution in [-0.4, -0.2) is 20.9 Å². The number of halogens is 2.